The van der Waals surface area contributed by atoms with Gasteiger partial charge in [-0.1, -0.05) is 0 Å². The van der Waals surface area contributed by atoms with E-state index in [0.29, 0.717) is 30.4 Å². The van der Waals surface area contributed by atoms with E-state index in [1.165, 1.54) is 6.20 Å². The number of nitrogens with zero attached hydrogens (tertiary/aromatic N) is 4. The lowest BCUT2D eigenvalue weighted by molar-refractivity contribution is 0.102. The standard InChI is InChI=1S/C14H15N5O2/c20-13(11-2-1-3-15-8-11)18-12-9-16-14(17-10-12)19-4-6-21-7-5-19/h1-3,8-10H,4-7H2,(H,18,20). The molecule has 1 aliphatic rings. The number of carbonyl (C=O) groups is 1. The van der Waals surface area contributed by atoms with Crippen LogP contribution in [0.2, 0.25) is 0 Å². The molecule has 1 amide bonds. The molecule has 3 rings (SSSR count). The van der Waals surface area contributed by atoms with Gasteiger partial charge in [0.05, 0.1) is 36.9 Å². The number of carbonyl (C=O) groups excluding carboxylic acids is 1. The predicted molar refractivity (Wildman–Crippen MR) is 77.3 cm³/mol. The highest BCUT2D eigenvalue weighted by molar-refractivity contribution is 6.03. The Morgan fingerprint density at radius 1 is 1.19 bits per heavy atom. The first-order chi connectivity index (χ1) is 10.3. The SMILES string of the molecule is O=C(Nc1cnc(N2CCOCC2)nc1)c1cccnc1. The van der Waals surface area contributed by atoms with Crippen LogP contribution in [0.3, 0.4) is 0 Å². The van der Waals surface area contributed by atoms with Crippen molar-refractivity contribution in [3.63, 3.8) is 0 Å². The van der Waals surface area contributed by atoms with Crippen LogP contribution in [0.25, 0.3) is 0 Å². The van der Waals surface area contributed by atoms with E-state index < -0.39 is 0 Å². The molecule has 1 N–H and O–H groups in total. The average Bonchev–Trinajstić information content (AvgIpc) is 2.57. The molecular formula is C14H15N5O2. The number of aromatic nitrogens is 3. The van der Waals surface area contributed by atoms with Gasteiger partial charge < -0.3 is 15.0 Å². The van der Waals surface area contributed by atoms with Gasteiger partial charge in [-0.2, -0.15) is 0 Å². The second kappa shape index (κ2) is 6.27. The highest BCUT2D eigenvalue weighted by Crippen LogP contribution is 2.12. The van der Waals surface area contributed by atoms with E-state index in [2.05, 4.69) is 25.2 Å². The van der Waals surface area contributed by atoms with Gasteiger partial charge in [0.15, 0.2) is 0 Å². The van der Waals surface area contributed by atoms with Gasteiger partial charge in [-0.15, -0.1) is 0 Å². The molecule has 7 heteroatoms. The molecule has 2 aromatic rings. The molecule has 7 nitrogen and oxygen atoms in total. The maximum Gasteiger partial charge on any atom is 0.257 e. The van der Waals surface area contributed by atoms with Crippen LogP contribution in [-0.2, 0) is 4.74 Å². The van der Waals surface area contributed by atoms with Gasteiger partial charge in [0.25, 0.3) is 5.91 Å². The zero-order chi connectivity index (χ0) is 14.5. The first-order valence-corrected chi connectivity index (χ1v) is 6.69. The second-order valence-corrected chi connectivity index (χ2v) is 4.57. The molecule has 0 unspecified atom stereocenters. The molecule has 0 saturated carbocycles. The number of anilines is 2. The van der Waals surface area contributed by atoms with Crippen molar-refractivity contribution in [1.29, 1.82) is 0 Å². The Labute approximate surface area is 122 Å². The van der Waals surface area contributed by atoms with Gasteiger partial charge in [0.1, 0.15) is 0 Å². The van der Waals surface area contributed by atoms with Crippen LogP contribution in [0.4, 0.5) is 11.6 Å². The van der Waals surface area contributed by atoms with Gasteiger partial charge in [0, 0.05) is 25.5 Å². The normalized spacial score (nSPS) is 14.8. The van der Waals surface area contributed by atoms with Crippen molar-refractivity contribution in [3.8, 4) is 0 Å². The number of nitrogens with one attached hydrogen (secondary N) is 1. The summed E-state index contributed by atoms with van der Waals surface area (Å²) in [6.07, 6.45) is 6.34. The minimum Gasteiger partial charge on any atom is -0.378 e. The Kier molecular flexibility index (Phi) is 4.02. The maximum atomic E-state index is 12.0. The summed E-state index contributed by atoms with van der Waals surface area (Å²) < 4.78 is 5.29. The van der Waals surface area contributed by atoms with E-state index in [1.807, 2.05) is 0 Å². The molecule has 0 atom stereocenters. The summed E-state index contributed by atoms with van der Waals surface area (Å²) in [6.45, 7) is 2.93. The Balaban J connectivity index is 1.65. The molecule has 0 radical (unpaired) electrons. The van der Waals surface area contributed by atoms with E-state index in [0.717, 1.165) is 13.1 Å². The van der Waals surface area contributed by atoms with Crippen molar-refractivity contribution >= 4 is 17.5 Å². The number of pyridine rings is 1. The fourth-order valence-corrected chi connectivity index (χ4v) is 2.01. The van der Waals surface area contributed by atoms with Crippen LogP contribution in [-0.4, -0.2) is 47.2 Å². The third-order valence-electron chi connectivity index (χ3n) is 3.11. The monoisotopic (exact) mass is 285 g/mol. The molecule has 0 aliphatic carbocycles. The molecule has 1 saturated heterocycles. The first-order valence-electron chi connectivity index (χ1n) is 6.69. The van der Waals surface area contributed by atoms with Crippen molar-refractivity contribution in [2.24, 2.45) is 0 Å². The van der Waals surface area contributed by atoms with Crippen molar-refractivity contribution < 1.29 is 9.53 Å². The highest BCUT2D eigenvalue weighted by Gasteiger charge is 2.13. The topological polar surface area (TPSA) is 80.2 Å². The lowest BCUT2D eigenvalue weighted by Crippen LogP contribution is -2.37. The van der Waals surface area contributed by atoms with E-state index in [-0.39, 0.29) is 5.91 Å². The van der Waals surface area contributed by atoms with Gasteiger partial charge in [-0.25, -0.2) is 9.97 Å². The van der Waals surface area contributed by atoms with Crippen LogP contribution in [0.5, 0.6) is 0 Å². The van der Waals surface area contributed by atoms with Crippen molar-refractivity contribution in [2.75, 3.05) is 36.5 Å². The largest absolute Gasteiger partial charge is 0.378 e. The Bertz CT molecular complexity index is 597. The van der Waals surface area contributed by atoms with Crippen molar-refractivity contribution in [3.05, 3.63) is 42.5 Å². The summed E-state index contributed by atoms with van der Waals surface area (Å²) in [5, 5.41) is 2.74. The van der Waals surface area contributed by atoms with Crippen LogP contribution in [0, 0.1) is 0 Å². The first kappa shape index (κ1) is 13.4. The summed E-state index contributed by atoms with van der Waals surface area (Å²) in [6, 6.07) is 3.41. The third-order valence-corrected chi connectivity index (χ3v) is 3.11. The molecule has 0 aromatic carbocycles. The second-order valence-electron chi connectivity index (χ2n) is 4.57. The zero-order valence-corrected chi connectivity index (χ0v) is 11.4. The van der Waals surface area contributed by atoms with Crippen molar-refractivity contribution in [1.82, 2.24) is 15.0 Å². The van der Waals surface area contributed by atoms with Crippen LogP contribution >= 0.6 is 0 Å². The van der Waals surface area contributed by atoms with E-state index in [9.17, 15) is 4.79 Å². The average molecular weight is 285 g/mol. The zero-order valence-electron chi connectivity index (χ0n) is 11.4. The number of amides is 1. The highest BCUT2D eigenvalue weighted by atomic mass is 16.5. The third kappa shape index (κ3) is 3.32. The van der Waals surface area contributed by atoms with Crippen LogP contribution < -0.4 is 10.2 Å². The van der Waals surface area contributed by atoms with E-state index in [4.69, 9.17) is 4.74 Å². The molecule has 0 bridgehead atoms. The molecule has 108 valence electrons. The summed E-state index contributed by atoms with van der Waals surface area (Å²) >= 11 is 0. The number of hydrogen-bond acceptors (Lipinski definition) is 6. The molecule has 0 spiro atoms. The lowest BCUT2D eigenvalue weighted by atomic mass is 10.2. The minimum atomic E-state index is -0.231. The fourth-order valence-electron chi connectivity index (χ4n) is 2.01. The summed E-state index contributed by atoms with van der Waals surface area (Å²) in [5.41, 5.74) is 1.05. The van der Waals surface area contributed by atoms with Gasteiger partial charge >= 0.3 is 0 Å². The number of rotatable bonds is 3. The smallest absolute Gasteiger partial charge is 0.257 e. The number of hydrogen-bond donors (Lipinski definition) is 1. The predicted octanol–water partition coefficient (Wildman–Crippen LogP) is 0.960. The Hall–Kier alpha value is -2.54. The van der Waals surface area contributed by atoms with Gasteiger partial charge in [0.2, 0.25) is 5.95 Å². The quantitative estimate of drug-likeness (QED) is 0.904. The van der Waals surface area contributed by atoms with E-state index >= 15 is 0 Å². The summed E-state index contributed by atoms with van der Waals surface area (Å²) in [4.78, 5) is 26.5. The molecule has 1 aliphatic heterocycles. The number of ether oxygens (including phenoxy) is 1. The summed E-state index contributed by atoms with van der Waals surface area (Å²) in [5.74, 6) is 0.420. The molecule has 3 heterocycles. The Morgan fingerprint density at radius 2 is 1.95 bits per heavy atom. The minimum absolute atomic E-state index is 0.231. The van der Waals surface area contributed by atoms with Crippen LogP contribution in [0.1, 0.15) is 10.4 Å². The lowest BCUT2D eigenvalue weighted by Gasteiger charge is -2.26. The van der Waals surface area contributed by atoms with Crippen molar-refractivity contribution in [2.45, 2.75) is 0 Å². The maximum absolute atomic E-state index is 12.0. The van der Waals surface area contributed by atoms with Crippen LogP contribution in [0.15, 0.2) is 36.9 Å². The summed E-state index contributed by atoms with van der Waals surface area (Å²) in [7, 11) is 0. The van der Waals surface area contributed by atoms with Gasteiger partial charge in [-0.05, 0) is 12.1 Å². The van der Waals surface area contributed by atoms with E-state index in [1.54, 1.807) is 30.7 Å². The Morgan fingerprint density at radius 3 is 2.62 bits per heavy atom. The fraction of sp³-hybridized carbons (Fsp3) is 0.286. The number of morpholine rings is 1. The van der Waals surface area contributed by atoms with Gasteiger partial charge in [-0.3, -0.25) is 9.78 Å². The molecule has 2 aromatic heterocycles. The molecule has 1 fully saturated rings. The molecule has 21 heavy (non-hydrogen) atoms. The molecular weight excluding hydrogens is 270 g/mol.